The number of rotatable bonds is 3. The maximum atomic E-state index is 11.3. The van der Waals surface area contributed by atoms with Crippen LogP contribution in [0.5, 0.6) is 0 Å². The van der Waals surface area contributed by atoms with Crippen LogP contribution in [0.2, 0.25) is 5.15 Å². The van der Waals surface area contributed by atoms with Gasteiger partial charge in [0, 0.05) is 0 Å². The third-order valence-corrected chi connectivity index (χ3v) is 2.37. The van der Waals surface area contributed by atoms with Crippen molar-refractivity contribution in [2.24, 2.45) is 0 Å². The SMILES string of the molecule is CCc1cc(C(=O)OC)c(Cl)nc1CO. The number of esters is 1. The molecule has 0 saturated carbocycles. The lowest BCUT2D eigenvalue weighted by Gasteiger charge is -2.08. The van der Waals surface area contributed by atoms with E-state index in [1.54, 1.807) is 6.07 Å². The Labute approximate surface area is 92.8 Å². The van der Waals surface area contributed by atoms with Crippen molar-refractivity contribution in [3.8, 4) is 0 Å². The van der Waals surface area contributed by atoms with Crippen molar-refractivity contribution in [3.63, 3.8) is 0 Å². The largest absolute Gasteiger partial charge is 0.465 e. The number of pyridine rings is 1. The predicted molar refractivity (Wildman–Crippen MR) is 55.9 cm³/mol. The van der Waals surface area contributed by atoms with Gasteiger partial charge in [-0.25, -0.2) is 9.78 Å². The molecule has 0 bridgehead atoms. The van der Waals surface area contributed by atoms with E-state index in [4.69, 9.17) is 16.7 Å². The smallest absolute Gasteiger partial charge is 0.341 e. The molecule has 1 aromatic rings. The van der Waals surface area contributed by atoms with E-state index in [-0.39, 0.29) is 17.3 Å². The van der Waals surface area contributed by atoms with Crippen LogP contribution in [0.4, 0.5) is 0 Å². The minimum atomic E-state index is -0.522. The van der Waals surface area contributed by atoms with E-state index in [2.05, 4.69) is 9.72 Å². The molecule has 0 saturated heterocycles. The first-order valence-electron chi connectivity index (χ1n) is 4.51. The Kier molecular flexibility index (Phi) is 4.05. The first kappa shape index (κ1) is 11.9. The van der Waals surface area contributed by atoms with Gasteiger partial charge in [0.1, 0.15) is 5.15 Å². The lowest BCUT2D eigenvalue weighted by Crippen LogP contribution is -2.07. The first-order chi connectivity index (χ1) is 7.13. The van der Waals surface area contributed by atoms with Crippen LogP contribution in [0, 0.1) is 0 Å². The number of halogens is 1. The molecule has 0 amide bonds. The van der Waals surface area contributed by atoms with E-state index in [1.165, 1.54) is 7.11 Å². The molecule has 1 heterocycles. The monoisotopic (exact) mass is 229 g/mol. The quantitative estimate of drug-likeness (QED) is 0.632. The highest BCUT2D eigenvalue weighted by atomic mass is 35.5. The first-order valence-corrected chi connectivity index (χ1v) is 4.89. The summed E-state index contributed by atoms with van der Waals surface area (Å²) in [6.45, 7) is 1.72. The van der Waals surface area contributed by atoms with Crippen molar-refractivity contribution >= 4 is 17.6 Å². The number of aryl methyl sites for hydroxylation is 1. The molecule has 15 heavy (non-hydrogen) atoms. The van der Waals surface area contributed by atoms with E-state index in [1.807, 2.05) is 6.92 Å². The number of carbonyl (C=O) groups excluding carboxylic acids is 1. The zero-order valence-electron chi connectivity index (χ0n) is 8.58. The molecule has 0 aliphatic carbocycles. The summed E-state index contributed by atoms with van der Waals surface area (Å²) >= 11 is 5.79. The summed E-state index contributed by atoms with van der Waals surface area (Å²) in [7, 11) is 1.28. The molecular formula is C10H12ClNO3. The number of aliphatic hydroxyl groups excluding tert-OH is 1. The molecule has 0 aliphatic rings. The van der Waals surface area contributed by atoms with Crippen molar-refractivity contribution in [2.75, 3.05) is 7.11 Å². The summed E-state index contributed by atoms with van der Waals surface area (Å²) in [6, 6.07) is 1.60. The van der Waals surface area contributed by atoms with Gasteiger partial charge in [-0.05, 0) is 18.1 Å². The molecule has 82 valence electrons. The van der Waals surface area contributed by atoms with E-state index in [0.717, 1.165) is 5.56 Å². The normalized spacial score (nSPS) is 10.1. The second kappa shape index (κ2) is 5.09. The zero-order valence-corrected chi connectivity index (χ0v) is 9.34. The Bertz CT molecular complexity index is 379. The maximum absolute atomic E-state index is 11.3. The van der Waals surface area contributed by atoms with Crippen molar-refractivity contribution in [3.05, 3.63) is 28.0 Å². The second-order valence-electron chi connectivity index (χ2n) is 2.94. The van der Waals surface area contributed by atoms with E-state index >= 15 is 0 Å². The van der Waals surface area contributed by atoms with Gasteiger partial charge >= 0.3 is 5.97 Å². The van der Waals surface area contributed by atoms with Crippen LogP contribution in [0.25, 0.3) is 0 Å². The highest BCUT2D eigenvalue weighted by Crippen LogP contribution is 2.19. The van der Waals surface area contributed by atoms with Crippen LogP contribution in [0.15, 0.2) is 6.07 Å². The molecular weight excluding hydrogens is 218 g/mol. The summed E-state index contributed by atoms with van der Waals surface area (Å²) < 4.78 is 4.56. The highest BCUT2D eigenvalue weighted by molar-refractivity contribution is 6.32. The number of aliphatic hydroxyl groups is 1. The molecule has 1 rings (SSSR count). The number of carbonyl (C=O) groups is 1. The molecule has 0 aromatic carbocycles. The van der Waals surface area contributed by atoms with Gasteiger partial charge in [0.15, 0.2) is 0 Å². The molecule has 1 N–H and O–H groups in total. The number of hydrogen-bond acceptors (Lipinski definition) is 4. The topological polar surface area (TPSA) is 59.4 Å². The summed E-state index contributed by atoms with van der Waals surface area (Å²) in [4.78, 5) is 15.2. The van der Waals surface area contributed by atoms with Crippen LogP contribution in [0.1, 0.15) is 28.5 Å². The third-order valence-electron chi connectivity index (χ3n) is 2.08. The number of methoxy groups -OCH3 is 1. The summed E-state index contributed by atoms with van der Waals surface area (Å²) in [5, 5.41) is 9.08. The molecule has 0 unspecified atom stereocenters. The van der Waals surface area contributed by atoms with Gasteiger partial charge in [0.2, 0.25) is 0 Å². The van der Waals surface area contributed by atoms with Crippen LogP contribution in [0.3, 0.4) is 0 Å². The molecule has 0 aliphatic heterocycles. The number of ether oxygens (including phenoxy) is 1. The molecule has 1 aromatic heterocycles. The van der Waals surface area contributed by atoms with Crippen molar-refractivity contribution < 1.29 is 14.6 Å². The van der Waals surface area contributed by atoms with E-state index in [0.29, 0.717) is 12.1 Å². The number of nitrogens with zero attached hydrogens (tertiary/aromatic N) is 1. The van der Waals surface area contributed by atoms with E-state index in [9.17, 15) is 4.79 Å². The zero-order chi connectivity index (χ0) is 11.4. The maximum Gasteiger partial charge on any atom is 0.341 e. The van der Waals surface area contributed by atoms with Gasteiger partial charge in [0.05, 0.1) is 25.0 Å². The fraction of sp³-hybridized carbons (Fsp3) is 0.400. The van der Waals surface area contributed by atoms with Crippen LogP contribution in [-0.2, 0) is 17.8 Å². The van der Waals surface area contributed by atoms with Gasteiger partial charge in [0.25, 0.3) is 0 Å². The second-order valence-corrected chi connectivity index (χ2v) is 3.29. The molecule has 0 spiro atoms. The Hall–Kier alpha value is -1.13. The Morgan fingerprint density at radius 3 is 2.80 bits per heavy atom. The summed E-state index contributed by atoms with van der Waals surface area (Å²) in [5.74, 6) is -0.522. The Morgan fingerprint density at radius 2 is 2.33 bits per heavy atom. The van der Waals surface area contributed by atoms with Gasteiger partial charge in [-0.3, -0.25) is 0 Å². The molecule has 5 heteroatoms. The minimum absolute atomic E-state index is 0.0584. The standard InChI is InChI=1S/C10H12ClNO3/c1-3-6-4-7(10(14)15-2)9(11)12-8(6)5-13/h4,13H,3,5H2,1-2H3. The van der Waals surface area contributed by atoms with Crippen LogP contribution >= 0.6 is 11.6 Å². The lowest BCUT2D eigenvalue weighted by molar-refractivity contribution is 0.0600. The molecule has 0 fully saturated rings. The number of hydrogen-bond donors (Lipinski definition) is 1. The molecule has 4 nitrogen and oxygen atoms in total. The fourth-order valence-corrected chi connectivity index (χ4v) is 1.50. The molecule has 0 radical (unpaired) electrons. The Morgan fingerprint density at radius 1 is 1.67 bits per heavy atom. The summed E-state index contributed by atoms with van der Waals surface area (Å²) in [6.07, 6.45) is 0.671. The van der Waals surface area contributed by atoms with Crippen molar-refractivity contribution in [1.29, 1.82) is 0 Å². The highest BCUT2D eigenvalue weighted by Gasteiger charge is 2.15. The fourth-order valence-electron chi connectivity index (χ4n) is 1.26. The van der Waals surface area contributed by atoms with Gasteiger partial charge in [-0.1, -0.05) is 18.5 Å². The third kappa shape index (κ3) is 2.46. The average molecular weight is 230 g/mol. The van der Waals surface area contributed by atoms with Gasteiger partial charge < -0.3 is 9.84 Å². The van der Waals surface area contributed by atoms with E-state index < -0.39 is 5.97 Å². The van der Waals surface area contributed by atoms with Crippen molar-refractivity contribution in [2.45, 2.75) is 20.0 Å². The average Bonchev–Trinajstić information content (AvgIpc) is 2.27. The minimum Gasteiger partial charge on any atom is -0.465 e. The van der Waals surface area contributed by atoms with Gasteiger partial charge in [-0.15, -0.1) is 0 Å². The predicted octanol–water partition coefficient (Wildman–Crippen LogP) is 1.58. The van der Waals surface area contributed by atoms with Crippen LogP contribution < -0.4 is 0 Å². The summed E-state index contributed by atoms with van der Waals surface area (Å²) in [5.41, 5.74) is 1.52. The van der Waals surface area contributed by atoms with Crippen LogP contribution in [-0.4, -0.2) is 23.2 Å². The van der Waals surface area contributed by atoms with Gasteiger partial charge in [-0.2, -0.15) is 0 Å². The Balaban J connectivity index is 3.25. The lowest BCUT2D eigenvalue weighted by atomic mass is 10.1. The molecule has 0 atom stereocenters. The van der Waals surface area contributed by atoms with Crippen molar-refractivity contribution in [1.82, 2.24) is 4.98 Å². The number of aromatic nitrogens is 1.